The van der Waals surface area contributed by atoms with E-state index in [9.17, 15) is 9.59 Å². The topological polar surface area (TPSA) is 55.4 Å². The number of hydrogen-bond acceptors (Lipinski definition) is 4. The van der Waals surface area contributed by atoms with E-state index < -0.39 is 0 Å². The lowest BCUT2D eigenvalue weighted by Gasteiger charge is -2.05. The van der Waals surface area contributed by atoms with Gasteiger partial charge in [-0.15, -0.1) is 0 Å². The number of hydrogen-bond donors (Lipinski definition) is 1. The first kappa shape index (κ1) is 11.8. The van der Waals surface area contributed by atoms with Gasteiger partial charge in [0.15, 0.2) is 5.78 Å². The molecule has 0 amide bonds. The molecule has 1 fully saturated rings. The molecule has 90 valence electrons. The van der Waals surface area contributed by atoms with Gasteiger partial charge in [-0.1, -0.05) is 23.8 Å². The first-order valence-electron chi connectivity index (χ1n) is 5.67. The van der Waals surface area contributed by atoms with Gasteiger partial charge in [0, 0.05) is 12.0 Å². The molecule has 1 aromatic carbocycles. The smallest absolute Gasteiger partial charge is 0.324 e. The molecule has 17 heavy (non-hydrogen) atoms. The molecular weight excluding hydrogens is 218 g/mol. The average molecular weight is 233 g/mol. The molecule has 0 radical (unpaired) electrons. The minimum atomic E-state index is -0.330. The van der Waals surface area contributed by atoms with Crippen LogP contribution in [0.25, 0.3) is 0 Å². The fraction of sp³-hybridized carbons (Fsp3) is 0.385. The molecule has 4 nitrogen and oxygen atoms in total. The number of benzene rings is 1. The maximum Gasteiger partial charge on any atom is 0.324 e. The van der Waals surface area contributed by atoms with Crippen LogP contribution in [-0.4, -0.2) is 24.5 Å². The molecule has 0 aliphatic carbocycles. The first-order valence-corrected chi connectivity index (χ1v) is 5.67. The minimum Gasteiger partial charge on any atom is -0.449 e. The molecule has 1 atom stereocenters. The van der Waals surface area contributed by atoms with Crippen LogP contribution in [0, 0.1) is 6.92 Å². The largest absolute Gasteiger partial charge is 0.449 e. The standard InChI is InChI=1S/C13H15NO3/c1-9-3-2-4-10(7-9)12(15)6-5-11-13(16)17-8-14-11/h2-4,7,11,14H,5-6,8H2,1H3/t11-/m0/s1. The number of carbonyl (C=O) groups is 2. The summed E-state index contributed by atoms with van der Waals surface area (Å²) in [5, 5.41) is 2.90. The Labute approximate surface area is 100.0 Å². The lowest BCUT2D eigenvalue weighted by molar-refractivity contribution is -0.139. The second-order valence-corrected chi connectivity index (χ2v) is 4.20. The molecular formula is C13H15NO3. The second-order valence-electron chi connectivity index (χ2n) is 4.20. The third-order valence-corrected chi connectivity index (χ3v) is 2.83. The zero-order chi connectivity index (χ0) is 12.3. The van der Waals surface area contributed by atoms with Gasteiger partial charge < -0.3 is 4.74 Å². The van der Waals surface area contributed by atoms with Crippen LogP contribution in [0.5, 0.6) is 0 Å². The van der Waals surface area contributed by atoms with Crippen molar-refractivity contribution in [3.63, 3.8) is 0 Å². The van der Waals surface area contributed by atoms with Crippen molar-refractivity contribution >= 4 is 11.8 Å². The van der Waals surface area contributed by atoms with Crippen molar-refractivity contribution in [2.45, 2.75) is 25.8 Å². The summed E-state index contributed by atoms with van der Waals surface area (Å²) in [5.41, 5.74) is 1.77. The highest BCUT2D eigenvalue weighted by Crippen LogP contribution is 2.11. The highest BCUT2D eigenvalue weighted by atomic mass is 16.6. The van der Waals surface area contributed by atoms with Crippen LogP contribution in [0.1, 0.15) is 28.8 Å². The molecule has 4 heteroatoms. The fourth-order valence-corrected chi connectivity index (χ4v) is 1.86. The van der Waals surface area contributed by atoms with E-state index in [1.54, 1.807) is 6.07 Å². The number of carbonyl (C=O) groups excluding carboxylic acids is 2. The SMILES string of the molecule is Cc1cccc(C(=O)CC[C@@H]2NCOC2=O)c1. The number of ether oxygens (including phenoxy) is 1. The Balaban J connectivity index is 1.91. The van der Waals surface area contributed by atoms with Gasteiger partial charge in [-0.25, -0.2) is 0 Å². The van der Waals surface area contributed by atoms with Crippen molar-refractivity contribution in [3.05, 3.63) is 35.4 Å². The molecule has 0 spiro atoms. The van der Waals surface area contributed by atoms with Crippen LogP contribution in [0.3, 0.4) is 0 Å². The number of ketones is 1. The van der Waals surface area contributed by atoms with Crippen molar-refractivity contribution in [2.75, 3.05) is 6.73 Å². The number of cyclic esters (lactones) is 1. The summed E-state index contributed by atoms with van der Waals surface area (Å²) in [6, 6.07) is 7.15. The summed E-state index contributed by atoms with van der Waals surface area (Å²) in [6.45, 7) is 2.20. The van der Waals surface area contributed by atoms with E-state index in [1.807, 2.05) is 25.1 Å². The third-order valence-electron chi connectivity index (χ3n) is 2.83. The van der Waals surface area contributed by atoms with Crippen molar-refractivity contribution in [1.82, 2.24) is 5.32 Å². The van der Waals surface area contributed by atoms with E-state index in [1.165, 1.54) is 0 Å². The second kappa shape index (κ2) is 5.10. The van der Waals surface area contributed by atoms with Crippen molar-refractivity contribution in [2.24, 2.45) is 0 Å². The molecule has 2 rings (SSSR count). The lowest BCUT2D eigenvalue weighted by Crippen LogP contribution is -2.27. The van der Waals surface area contributed by atoms with Crippen molar-refractivity contribution < 1.29 is 14.3 Å². The Morgan fingerprint density at radius 3 is 3.00 bits per heavy atom. The number of esters is 1. The highest BCUT2D eigenvalue weighted by Gasteiger charge is 2.26. The lowest BCUT2D eigenvalue weighted by atomic mass is 10.0. The monoisotopic (exact) mass is 233 g/mol. The number of nitrogens with one attached hydrogen (secondary N) is 1. The van der Waals surface area contributed by atoms with Gasteiger partial charge in [-0.2, -0.15) is 0 Å². The Morgan fingerprint density at radius 1 is 1.53 bits per heavy atom. The van der Waals surface area contributed by atoms with Gasteiger partial charge in [0.2, 0.25) is 0 Å². The Kier molecular flexibility index (Phi) is 3.54. The quantitative estimate of drug-likeness (QED) is 0.631. The normalized spacial score (nSPS) is 19.1. The van der Waals surface area contributed by atoms with E-state index in [0.29, 0.717) is 18.4 Å². The van der Waals surface area contributed by atoms with E-state index in [0.717, 1.165) is 5.56 Å². The van der Waals surface area contributed by atoms with Gasteiger partial charge in [-0.3, -0.25) is 14.9 Å². The Hall–Kier alpha value is -1.68. The van der Waals surface area contributed by atoms with E-state index in [-0.39, 0.29) is 24.5 Å². The Morgan fingerprint density at radius 2 is 2.35 bits per heavy atom. The highest BCUT2D eigenvalue weighted by molar-refractivity contribution is 5.96. The number of aryl methyl sites for hydroxylation is 1. The summed E-state index contributed by atoms with van der Waals surface area (Å²) < 4.78 is 4.76. The zero-order valence-corrected chi connectivity index (χ0v) is 9.73. The van der Waals surface area contributed by atoms with Crippen LogP contribution in [0.4, 0.5) is 0 Å². The minimum absolute atomic E-state index is 0.0650. The fourth-order valence-electron chi connectivity index (χ4n) is 1.86. The molecule has 1 aromatic rings. The van der Waals surface area contributed by atoms with Crippen molar-refractivity contribution in [3.8, 4) is 0 Å². The maximum atomic E-state index is 11.9. The molecule has 0 saturated carbocycles. The van der Waals surface area contributed by atoms with E-state index in [2.05, 4.69) is 5.32 Å². The van der Waals surface area contributed by atoms with Crippen LogP contribution in [0.15, 0.2) is 24.3 Å². The van der Waals surface area contributed by atoms with Crippen LogP contribution in [-0.2, 0) is 9.53 Å². The van der Waals surface area contributed by atoms with Crippen molar-refractivity contribution in [1.29, 1.82) is 0 Å². The molecule has 1 N–H and O–H groups in total. The molecule has 0 aromatic heterocycles. The predicted molar refractivity (Wildman–Crippen MR) is 62.6 cm³/mol. The molecule has 1 saturated heterocycles. The number of Topliss-reactive ketones (excluding diaryl/α,β-unsaturated/α-hetero) is 1. The summed E-state index contributed by atoms with van der Waals surface area (Å²) >= 11 is 0. The van der Waals surface area contributed by atoms with Crippen LogP contribution >= 0.6 is 0 Å². The summed E-state index contributed by atoms with van der Waals surface area (Å²) in [7, 11) is 0. The predicted octanol–water partition coefficient (Wildman–Crippen LogP) is 1.43. The first-order chi connectivity index (χ1) is 8.16. The third kappa shape index (κ3) is 2.91. The summed E-state index contributed by atoms with van der Waals surface area (Å²) in [4.78, 5) is 23.1. The number of rotatable bonds is 4. The van der Waals surface area contributed by atoms with Gasteiger partial charge in [-0.05, 0) is 19.4 Å². The van der Waals surface area contributed by atoms with Crippen LogP contribution < -0.4 is 5.32 Å². The molecule has 0 unspecified atom stereocenters. The summed E-state index contributed by atoms with van der Waals surface area (Å²) in [5.74, 6) is -0.197. The maximum absolute atomic E-state index is 11.9. The zero-order valence-electron chi connectivity index (χ0n) is 9.73. The van der Waals surface area contributed by atoms with Gasteiger partial charge in [0.1, 0.15) is 12.8 Å². The molecule has 1 aliphatic heterocycles. The molecule has 1 aliphatic rings. The summed E-state index contributed by atoms with van der Waals surface area (Å²) in [6.07, 6.45) is 0.849. The Bertz CT molecular complexity index is 442. The van der Waals surface area contributed by atoms with Gasteiger partial charge in [0.25, 0.3) is 0 Å². The van der Waals surface area contributed by atoms with Crippen LogP contribution in [0.2, 0.25) is 0 Å². The van der Waals surface area contributed by atoms with Gasteiger partial charge >= 0.3 is 5.97 Å². The average Bonchev–Trinajstić information content (AvgIpc) is 2.72. The molecule has 1 heterocycles. The van der Waals surface area contributed by atoms with E-state index >= 15 is 0 Å². The van der Waals surface area contributed by atoms with E-state index in [4.69, 9.17) is 4.74 Å². The van der Waals surface area contributed by atoms with Gasteiger partial charge in [0.05, 0.1) is 0 Å². The molecule has 0 bridgehead atoms.